The SMILES string of the molecule is O=C(c1ccc(F)cc1N1CCN(c2noc3cc(F)ccc23)CC1)N1CCN(CCCc2c(-c3ccccc3)nc3n(c2=O)CCCC3O)CC1. The predicted molar refractivity (Wildman–Crippen MR) is 194 cm³/mol. The zero-order chi connectivity index (χ0) is 35.8. The van der Waals surface area contributed by atoms with Crippen LogP contribution in [-0.2, 0) is 13.0 Å². The van der Waals surface area contributed by atoms with E-state index in [9.17, 15) is 23.5 Å². The Kier molecular flexibility index (Phi) is 9.45. The Morgan fingerprint density at radius 2 is 1.60 bits per heavy atom. The van der Waals surface area contributed by atoms with Crippen LogP contribution < -0.4 is 15.4 Å². The summed E-state index contributed by atoms with van der Waals surface area (Å²) in [4.78, 5) is 40.6. The molecule has 8 rings (SSSR count). The van der Waals surface area contributed by atoms with E-state index >= 15 is 0 Å². The summed E-state index contributed by atoms with van der Waals surface area (Å²) in [6.45, 7) is 6.03. The minimum atomic E-state index is -0.742. The van der Waals surface area contributed by atoms with Crippen LogP contribution in [0.2, 0.25) is 0 Å². The lowest BCUT2D eigenvalue weighted by Gasteiger charge is -2.38. The number of fused-ring (bicyclic) bond motifs is 2. The van der Waals surface area contributed by atoms with Gasteiger partial charge in [0.2, 0.25) is 0 Å². The maximum atomic E-state index is 14.6. The quantitative estimate of drug-likeness (QED) is 0.241. The zero-order valence-corrected chi connectivity index (χ0v) is 28.9. The molecule has 2 aromatic heterocycles. The lowest BCUT2D eigenvalue weighted by Crippen LogP contribution is -2.50. The Morgan fingerprint density at radius 1 is 0.865 bits per heavy atom. The summed E-state index contributed by atoms with van der Waals surface area (Å²) in [5.41, 5.74) is 3.55. The van der Waals surface area contributed by atoms with Crippen LogP contribution in [0.3, 0.4) is 0 Å². The van der Waals surface area contributed by atoms with E-state index in [1.807, 2.05) is 40.1 Å². The lowest BCUT2D eigenvalue weighted by atomic mass is 10.0. The number of amides is 1. The second-order valence-corrected chi connectivity index (χ2v) is 13.8. The summed E-state index contributed by atoms with van der Waals surface area (Å²) < 4.78 is 35.3. The molecule has 0 radical (unpaired) electrons. The fraction of sp³-hybridized carbons (Fsp3) is 0.385. The van der Waals surface area contributed by atoms with Gasteiger partial charge in [0, 0.05) is 76.1 Å². The summed E-state index contributed by atoms with van der Waals surface area (Å²) >= 11 is 0. The number of aliphatic hydroxyl groups is 1. The van der Waals surface area contributed by atoms with Crippen LogP contribution in [0.5, 0.6) is 0 Å². The summed E-state index contributed by atoms with van der Waals surface area (Å²) in [6.07, 6.45) is 1.91. The third-order valence-corrected chi connectivity index (χ3v) is 10.6. The number of halogens is 2. The van der Waals surface area contributed by atoms with Gasteiger partial charge >= 0.3 is 0 Å². The van der Waals surface area contributed by atoms with E-state index in [0.717, 1.165) is 30.3 Å². The minimum Gasteiger partial charge on any atom is -0.385 e. The van der Waals surface area contributed by atoms with E-state index in [2.05, 4.69) is 15.0 Å². The van der Waals surface area contributed by atoms with Gasteiger partial charge in [0.05, 0.1) is 22.3 Å². The van der Waals surface area contributed by atoms with Gasteiger partial charge in [0.1, 0.15) is 23.6 Å². The number of hydrogen-bond donors (Lipinski definition) is 1. The van der Waals surface area contributed by atoms with Crippen LogP contribution in [0.25, 0.3) is 22.2 Å². The molecule has 3 aromatic carbocycles. The largest absolute Gasteiger partial charge is 0.385 e. The van der Waals surface area contributed by atoms with Crippen LogP contribution in [0, 0.1) is 11.6 Å². The molecule has 2 fully saturated rings. The molecule has 270 valence electrons. The first-order valence-electron chi connectivity index (χ1n) is 18.1. The van der Waals surface area contributed by atoms with Gasteiger partial charge in [-0.05, 0) is 62.6 Å². The molecule has 3 aliphatic rings. The van der Waals surface area contributed by atoms with Crippen molar-refractivity contribution in [3.63, 3.8) is 0 Å². The van der Waals surface area contributed by atoms with Crippen LogP contribution in [0.1, 0.15) is 47.1 Å². The number of aromatic nitrogens is 3. The number of piperazine rings is 2. The first-order valence-corrected chi connectivity index (χ1v) is 18.1. The van der Waals surface area contributed by atoms with E-state index in [1.165, 1.54) is 24.3 Å². The van der Waals surface area contributed by atoms with Crippen molar-refractivity contribution >= 4 is 28.4 Å². The molecular formula is C39H41F2N7O4. The van der Waals surface area contributed by atoms with Crippen LogP contribution in [0.4, 0.5) is 20.3 Å². The second kappa shape index (κ2) is 14.5. The number of carbonyl (C=O) groups is 1. The molecule has 52 heavy (non-hydrogen) atoms. The molecule has 11 nitrogen and oxygen atoms in total. The molecule has 0 saturated carbocycles. The van der Waals surface area contributed by atoms with E-state index in [4.69, 9.17) is 9.51 Å². The van der Waals surface area contributed by atoms with E-state index in [-0.39, 0.29) is 17.3 Å². The van der Waals surface area contributed by atoms with Crippen molar-refractivity contribution in [2.45, 2.75) is 38.3 Å². The topological polar surface area (TPSA) is 111 Å². The van der Waals surface area contributed by atoms with E-state index < -0.39 is 11.9 Å². The van der Waals surface area contributed by atoms with Crippen molar-refractivity contribution in [3.05, 3.63) is 106 Å². The van der Waals surface area contributed by atoms with E-state index in [1.54, 1.807) is 16.7 Å². The number of nitrogens with zero attached hydrogens (tertiary/aromatic N) is 7. The van der Waals surface area contributed by atoms with Gasteiger partial charge in [0.15, 0.2) is 11.4 Å². The molecule has 1 amide bonds. The monoisotopic (exact) mass is 709 g/mol. The van der Waals surface area contributed by atoms with Crippen molar-refractivity contribution in [2.24, 2.45) is 0 Å². The van der Waals surface area contributed by atoms with Gasteiger partial charge in [-0.25, -0.2) is 13.8 Å². The summed E-state index contributed by atoms with van der Waals surface area (Å²) in [5.74, 6) is 0.187. The van der Waals surface area contributed by atoms with Crippen LogP contribution in [-0.4, -0.2) is 94.4 Å². The molecule has 1 unspecified atom stereocenters. The number of aliphatic hydroxyl groups excluding tert-OH is 1. The summed E-state index contributed by atoms with van der Waals surface area (Å²) in [7, 11) is 0. The van der Waals surface area contributed by atoms with Crippen molar-refractivity contribution in [3.8, 4) is 11.3 Å². The highest BCUT2D eigenvalue weighted by atomic mass is 19.1. The molecule has 0 spiro atoms. The van der Waals surface area contributed by atoms with Gasteiger partial charge in [-0.3, -0.25) is 19.1 Å². The Bertz CT molecular complexity index is 2140. The van der Waals surface area contributed by atoms with Crippen molar-refractivity contribution in [1.82, 2.24) is 24.5 Å². The number of anilines is 2. The highest BCUT2D eigenvalue weighted by Crippen LogP contribution is 2.31. The van der Waals surface area contributed by atoms with Gasteiger partial charge in [-0.15, -0.1) is 0 Å². The summed E-state index contributed by atoms with van der Waals surface area (Å²) in [6, 6.07) is 18.4. The average molecular weight is 710 g/mol. The van der Waals surface area contributed by atoms with Crippen molar-refractivity contribution < 1.29 is 23.2 Å². The molecule has 2 saturated heterocycles. The highest BCUT2D eigenvalue weighted by molar-refractivity contribution is 6.00. The third kappa shape index (κ3) is 6.66. The Hall–Kier alpha value is -5.14. The van der Waals surface area contributed by atoms with Crippen LogP contribution >= 0.6 is 0 Å². The van der Waals surface area contributed by atoms with Crippen LogP contribution in [0.15, 0.2) is 76.0 Å². The fourth-order valence-electron chi connectivity index (χ4n) is 7.77. The molecule has 1 atom stereocenters. The molecule has 5 heterocycles. The maximum Gasteiger partial charge on any atom is 0.257 e. The molecular weight excluding hydrogens is 668 g/mol. The molecule has 0 aliphatic carbocycles. The number of hydrogen-bond acceptors (Lipinski definition) is 9. The van der Waals surface area contributed by atoms with Gasteiger partial charge < -0.3 is 24.3 Å². The molecule has 0 bridgehead atoms. The zero-order valence-electron chi connectivity index (χ0n) is 28.9. The second-order valence-electron chi connectivity index (χ2n) is 13.8. The number of rotatable bonds is 8. The minimum absolute atomic E-state index is 0.0714. The molecule has 5 aromatic rings. The number of benzene rings is 3. The lowest BCUT2D eigenvalue weighted by molar-refractivity contribution is 0.0636. The predicted octanol–water partition coefficient (Wildman–Crippen LogP) is 4.87. The van der Waals surface area contributed by atoms with E-state index in [0.29, 0.717) is 111 Å². The Labute approximate surface area is 299 Å². The van der Waals surface area contributed by atoms with Crippen molar-refractivity contribution in [1.29, 1.82) is 0 Å². The van der Waals surface area contributed by atoms with Gasteiger partial charge in [-0.1, -0.05) is 35.5 Å². The highest BCUT2D eigenvalue weighted by Gasteiger charge is 2.29. The smallest absolute Gasteiger partial charge is 0.257 e. The van der Waals surface area contributed by atoms with Gasteiger partial charge in [-0.2, -0.15) is 0 Å². The average Bonchev–Trinajstić information content (AvgIpc) is 3.59. The molecule has 3 aliphatic heterocycles. The molecule has 13 heteroatoms. The Balaban J connectivity index is 0.895. The molecule has 1 N–H and O–H groups in total. The maximum absolute atomic E-state index is 14.6. The van der Waals surface area contributed by atoms with Crippen molar-refractivity contribution in [2.75, 3.05) is 68.7 Å². The number of carbonyl (C=O) groups excluding carboxylic acids is 1. The normalized spacial score (nSPS) is 18.2. The summed E-state index contributed by atoms with van der Waals surface area (Å²) in [5, 5.41) is 15.5. The third-order valence-electron chi connectivity index (χ3n) is 10.6. The van der Waals surface area contributed by atoms with Gasteiger partial charge in [0.25, 0.3) is 11.5 Å². The standard InChI is InChI=1S/C39H41F2N7O4/c40-27-10-12-29(32(24-27)45-20-22-46(23-21-45)36-30-13-11-28(41)25-34(30)52-43-36)38(50)47-18-16-44(17-19-47)14-4-8-31-35(26-6-2-1-3-7-26)42-37-33(49)9-5-15-48(37)39(31)51/h1-3,6-7,10-13,24-25,33,49H,4-5,8-9,14-23H2. The first-order chi connectivity index (χ1) is 25.3. The first kappa shape index (κ1) is 34.0. The fourth-order valence-corrected chi connectivity index (χ4v) is 7.77. The Morgan fingerprint density at radius 3 is 2.38 bits per heavy atom.